The van der Waals surface area contributed by atoms with Crippen LogP contribution in [0.2, 0.25) is 0 Å². The first-order valence-electron chi connectivity index (χ1n) is 12.2. The second-order valence-electron chi connectivity index (χ2n) is 8.19. The van der Waals surface area contributed by atoms with E-state index in [1.54, 1.807) is 24.3 Å². The van der Waals surface area contributed by atoms with Crippen molar-refractivity contribution in [3.05, 3.63) is 71.3 Å². The van der Waals surface area contributed by atoms with Gasteiger partial charge in [-0.25, -0.2) is 13.6 Å². The number of carbonyl (C=O) groups excluding carboxylic acids is 1. The molecule has 0 unspecified atom stereocenters. The monoisotopic (exact) mass is 509 g/mol. The largest absolute Gasteiger partial charge is 0.490 e. The minimum absolute atomic E-state index is 0.223. The third kappa shape index (κ3) is 6.98. The van der Waals surface area contributed by atoms with E-state index < -0.39 is 23.2 Å². The summed E-state index contributed by atoms with van der Waals surface area (Å²) in [5, 5.41) is 8.85. The van der Waals surface area contributed by atoms with Gasteiger partial charge in [-0.2, -0.15) is 5.26 Å². The van der Waals surface area contributed by atoms with E-state index in [1.165, 1.54) is 18.2 Å². The highest BCUT2D eigenvalue weighted by Crippen LogP contribution is 2.40. The Hall–Kier alpha value is -4.12. The van der Waals surface area contributed by atoms with Crippen molar-refractivity contribution in [2.24, 2.45) is 0 Å². The minimum atomic E-state index is -0.943. The van der Waals surface area contributed by atoms with Gasteiger partial charge in [-0.3, -0.25) is 0 Å². The summed E-state index contributed by atoms with van der Waals surface area (Å²) in [5.74, 6) is -1.03. The van der Waals surface area contributed by atoms with Crippen molar-refractivity contribution in [1.82, 2.24) is 0 Å². The van der Waals surface area contributed by atoms with Crippen LogP contribution < -0.4 is 18.9 Å². The molecule has 194 valence electrons. The maximum atomic E-state index is 14.0. The molecule has 0 aliphatic carbocycles. The summed E-state index contributed by atoms with van der Waals surface area (Å²) >= 11 is 0. The van der Waals surface area contributed by atoms with Crippen LogP contribution in [-0.2, 0) is 0 Å². The molecule has 3 rings (SSSR count). The van der Waals surface area contributed by atoms with E-state index in [0.29, 0.717) is 42.6 Å². The number of nitrogens with zero attached hydrogens (tertiary/aromatic N) is 1. The van der Waals surface area contributed by atoms with Crippen molar-refractivity contribution < 1.29 is 32.5 Å². The van der Waals surface area contributed by atoms with Gasteiger partial charge in [0.05, 0.1) is 25.4 Å². The molecule has 0 aliphatic heterocycles. The lowest BCUT2D eigenvalue weighted by Crippen LogP contribution is -2.11. The van der Waals surface area contributed by atoms with Crippen LogP contribution in [0.25, 0.3) is 11.1 Å². The van der Waals surface area contributed by atoms with E-state index in [-0.39, 0.29) is 16.9 Å². The van der Waals surface area contributed by atoms with Gasteiger partial charge in [0.1, 0.15) is 29.0 Å². The molecule has 0 bridgehead atoms. The lowest BCUT2D eigenvalue weighted by atomic mass is 10.0. The summed E-state index contributed by atoms with van der Waals surface area (Å²) < 4.78 is 51.1. The smallest absolute Gasteiger partial charge is 0.343 e. The topological polar surface area (TPSA) is 77.8 Å². The second-order valence-corrected chi connectivity index (χ2v) is 8.19. The summed E-state index contributed by atoms with van der Waals surface area (Å²) in [6.45, 7) is 7.28. The van der Waals surface area contributed by atoms with E-state index in [1.807, 2.05) is 20.8 Å². The number of ether oxygens (including phenoxy) is 4. The summed E-state index contributed by atoms with van der Waals surface area (Å²) in [5.41, 5.74) is 0.335. The van der Waals surface area contributed by atoms with E-state index in [4.69, 9.17) is 24.2 Å². The normalized spacial score (nSPS) is 10.5. The maximum Gasteiger partial charge on any atom is 0.343 e. The number of rotatable bonds is 12. The van der Waals surface area contributed by atoms with Gasteiger partial charge >= 0.3 is 5.97 Å². The van der Waals surface area contributed by atoms with E-state index in [0.717, 1.165) is 31.4 Å². The Morgan fingerprint density at radius 3 is 1.78 bits per heavy atom. The number of nitriles is 1. The number of benzene rings is 3. The number of hydrogen-bond donors (Lipinski definition) is 0. The predicted octanol–water partition coefficient (Wildman–Crippen LogP) is 7.09. The van der Waals surface area contributed by atoms with Crippen molar-refractivity contribution in [2.75, 3.05) is 19.8 Å². The Kier molecular flexibility index (Phi) is 9.84. The molecule has 0 N–H and O–H groups in total. The molecule has 0 fully saturated rings. The van der Waals surface area contributed by atoms with Crippen LogP contribution >= 0.6 is 0 Å². The highest BCUT2D eigenvalue weighted by molar-refractivity contribution is 5.92. The lowest BCUT2D eigenvalue weighted by Gasteiger charge is -2.18. The quantitative estimate of drug-likeness (QED) is 0.192. The third-order valence-electron chi connectivity index (χ3n) is 5.18. The van der Waals surface area contributed by atoms with Crippen molar-refractivity contribution in [3.63, 3.8) is 0 Å². The number of hydrogen-bond acceptors (Lipinski definition) is 6. The molecule has 0 atom stereocenters. The van der Waals surface area contributed by atoms with Crippen LogP contribution in [0.3, 0.4) is 0 Å². The van der Waals surface area contributed by atoms with Gasteiger partial charge in [-0.1, -0.05) is 32.9 Å². The molecule has 6 nitrogen and oxygen atoms in total. The number of esters is 1. The zero-order valence-electron chi connectivity index (χ0n) is 21.1. The Bertz CT molecular complexity index is 1220. The minimum Gasteiger partial charge on any atom is -0.490 e. The summed E-state index contributed by atoms with van der Waals surface area (Å²) in [6.07, 6.45) is 2.33. The Morgan fingerprint density at radius 2 is 1.30 bits per heavy atom. The highest BCUT2D eigenvalue weighted by atomic mass is 19.1. The maximum absolute atomic E-state index is 14.0. The molecule has 0 spiro atoms. The summed E-state index contributed by atoms with van der Waals surface area (Å²) in [6, 6.07) is 13.0. The van der Waals surface area contributed by atoms with Gasteiger partial charge in [0.2, 0.25) is 5.75 Å². The Morgan fingerprint density at radius 1 is 0.784 bits per heavy atom. The SMILES string of the molecule is CCCOc1cc(C(=O)Oc2ccc(-c3cc(F)c(C#N)c(F)c3)cc2)cc(OCCC)c1OCCC. The fraction of sp³-hybridized carbons (Fsp3) is 0.310. The first-order chi connectivity index (χ1) is 17.9. The van der Waals surface area contributed by atoms with Crippen LogP contribution in [0.4, 0.5) is 8.78 Å². The Balaban J connectivity index is 1.86. The molecule has 0 heterocycles. The van der Waals surface area contributed by atoms with Gasteiger partial charge < -0.3 is 18.9 Å². The fourth-order valence-corrected chi connectivity index (χ4v) is 3.41. The molecule has 3 aromatic carbocycles. The predicted molar refractivity (Wildman–Crippen MR) is 135 cm³/mol. The summed E-state index contributed by atoms with van der Waals surface area (Å²) in [4.78, 5) is 13.0. The lowest BCUT2D eigenvalue weighted by molar-refractivity contribution is 0.0733. The molecule has 8 heteroatoms. The molecule has 0 saturated carbocycles. The zero-order valence-corrected chi connectivity index (χ0v) is 21.1. The van der Waals surface area contributed by atoms with E-state index in [9.17, 15) is 13.6 Å². The molecule has 37 heavy (non-hydrogen) atoms. The molecule has 3 aromatic rings. The molecular weight excluding hydrogens is 480 g/mol. The average Bonchev–Trinajstić information content (AvgIpc) is 2.89. The average molecular weight is 510 g/mol. The van der Waals surface area contributed by atoms with Gasteiger partial charge in [0.15, 0.2) is 11.5 Å². The van der Waals surface area contributed by atoms with E-state index in [2.05, 4.69) is 0 Å². The van der Waals surface area contributed by atoms with Gasteiger partial charge in [0, 0.05) is 0 Å². The first kappa shape index (κ1) is 27.5. The van der Waals surface area contributed by atoms with Gasteiger partial charge in [-0.15, -0.1) is 0 Å². The molecule has 0 saturated heterocycles. The fourth-order valence-electron chi connectivity index (χ4n) is 3.41. The van der Waals surface area contributed by atoms with Crippen LogP contribution in [-0.4, -0.2) is 25.8 Å². The van der Waals surface area contributed by atoms with Crippen molar-refractivity contribution in [1.29, 1.82) is 5.26 Å². The molecule has 0 amide bonds. The van der Waals surface area contributed by atoms with Crippen LogP contribution in [0.5, 0.6) is 23.0 Å². The van der Waals surface area contributed by atoms with E-state index >= 15 is 0 Å². The summed E-state index contributed by atoms with van der Waals surface area (Å²) in [7, 11) is 0. The molecule has 0 radical (unpaired) electrons. The number of halogens is 2. The molecular formula is C29H29F2NO5. The highest BCUT2D eigenvalue weighted by Gasteiger charge is 2.20. The first-order valence-corrected chi connectivity index (χ1v) is 12.2. The van der Waals surface area contributed by atoms with Crippen LogP contribution in [0.15, 0.2) is 48.5 Å². The van der Waals surface area contributed by atoms with Crippen molar-refractivity contribution >= 4 is 5.97 Å². The molecule has 0 aromatic heterocycles. The van der Waals surface area contributed by atoms with Crippen LogP contribution in [0.1, 0.15) is 56.0 Å². The van der Waals surface area contributed by atoms with Gasteiger partial charge in [0.25, 0.3) is 0 Å². The molecule has 0 aliphatic rings. The van der Waals surface area contributed by atoms with Crippen LogP contribution in [0, 0.1) is 23.0 Å². The standard InChI is InChI=1S/C29H29F2NO5/c1-4-11-34-26-16-21(17-27(35-12-5-2)28(26)36-13-6-3)29(33)37-22-9-7-19(8-10-22)20-14-24(30)23(18-32)25(31)15-20/h7-10,14-17H,4-6,11-13H2,1-3H3. The Labute approximate surface area is 215 Å². The number of carbonyl (C=O) groups is 1. The second kappa shape index (κ2) is 13.3. The zero-order chi connectivity index (χ0) is 26.8. The third-order valence-corrected chi connectivity index (χ3v) is 5.18. The van der Waals surface area contributed by atoms with Crippen molar-refractivity contribution in [2.45, 2.75) is 40.0 Å². The van der Waals surface area contributed by atoms with Gasteiger partial charge in [-0.05, 0) is 66.8 Å². The van der Waals surface area contributed by atoms with Crippen molar-refractivity contribution in [3.8, 4) is 40.2 Å².